The van der Waals surface area contributed by atoms with E-state index in [4.69, 9.17) is 10.8 Å². The molecule has 3 aromatic heterocycles. The highest BCUT2D eigenvalue weighted by Crippen LogP contribution is 2.38. The van der Waals surface area contributed by atoms with Crippen LogP contribution in [0, 0.1) is 0 Å². The first-order valence-corrected chi connectivity index (χ1v) is 10.4. The summed E-state index contributed by atoms with van der Waals surface area (Å²) in [5, 5.41) is 2.07. The number of rotatable bonds is 3. The van der Waals surface area contributed by atoms with E-state index in [0.29, 0.717) is 0 Å². The molecule has 3 aromatic carbocycles. The van der Waals surface area contributed by atoms with E-state index in [0.717, 1.165) is 55.7 Å². The Morgan fingerprint density at radius 1 is 0.903 bits per heavy atom. The summed E-state index contributed by atoms with van der Waals surface area (Å²) < 4.78 is 16.9. The maximum absolute atomic E-state index is 8.38. The smallest absolute Gasteiger partial charge is 0.164 e. The molecule has 0 N–H and O–H groups in total. The van der Waals surface area contributed by atoms with Gasteiger partial charge in [-0.05, 0) is 47.9 Å². The van der Waals surface area contributed by atoms with Crippen LogP contribution in [0.4, 0.5) is 0 Å². The van der Waals surface area contributed by atoms with Gasteiger partial charge in [0.25, 0.3) is 0 Å². The first-order valence-electron chi connectivity index (χ1n) is 10.9. The molecule has 0 unspecified atom stereocenters. The zero-order valence-corrected chi connectivity index (χ0v) is 17.3. The Morgan fingerprint density at radius 2 is 1.77 bits per heavy atom. The number of para-hydroxylation sites is 2. The lowest BCUT2D eigenvalue weighted by Gasteiger charge is -2.09. The first kappa shape index (κ1) is 16.8. The van der Waals surface area contributed by atoms with Crippen LogP contribution in [-0.4, -0.2) is 14.5 Å². The van der Waals surface area contributed by atoms with Crippen molar-refractivity contribution in [3.63, 3.8) is 0 Å². The van der Waals surface area contributed by atoms with Gasteiger partial charge >= 0.3 is 0 Å². The second-order valence-electron chi connectivity index (χ2n) is 7.95. The van der Waals surface area contributed by atoms with Crippen molar-refractivity contribution in [2.75, 3.05) is 0 Å². The highest BCUT2D eigenvalue weighted by Gasteiger charge is 2.20. The molecule has 0 saturated carbocycles. The van der Waals surface area contributed by atoms with Crippen molar-refractivity contribution in [3.8, 4) is 17.1 Å². The number of nitrogens with zero attached hydrogens (tertiary/aromatic N) is 3. The molecule has 0 aliphatic rings. The van der Waals surface area contributed by atoms with Gasteiger partial charge in [0.1, 0.15) is 16.7 Å². The van der Waals surface area contributed by atoms with Crippen LogP contribution in [0.25, 0.3) is 50.2 Å². The van der Waals surface area contributed by atoms with Crippen molar-refractivity contribution in [2.45, 2.75) is 19.7 Å². The summed E-state index contributed by atoms with van der Waals surface area (Å²) in [7, 11) is 0. The average Bonchev–Trinajstić information content (AvgIpc) is 3.37. The lowest BCUT2D eigenvalue weighted by Crippen LogP contribution is -1.98. The van der Waals surface area contributed by atoms with Crippen molar-refractivity contribution < 1.29 is 5.79 Å². The quantitative estimate of drug-likeness (QED) is 0.316. The molecule has 4 nitrogen and oxygen atoms in total. The van der Waals surface area contributed by atoms with E-state index in [1.165, 1.54) is 0 Å². The van der Waals surface area contributed by atoms with Gasteiger partial charge in [0, 0.05) is 24.0 Å². The third-order valence-corrected chi connectivity index (χ3v) is 5.75. The SMILES string of the molecule is [2H]C(C)(C)c1ccc2c(c1)oc1c(-c3nc4cccnc4n3-c3ccccc3)cccc12. The van der Waals surface area contributed by atoms with E-state index in [1.54, 1.807) is 6.20 Å². The van der Waals surface area contributed by atoms with Crippen molar-refractivity contribution in [1.82, 2.24) is 14.5 Å². The summed E-state index contributed by atoms with van der Waals surface area (Å²) in [6, 6.07) is 26.2. The molecule has 0 bridgehead atoms. The summed E-state index contributed by atoms with van der Waals surface area (Å²) >= 11 is 0. The van der Waals surface area contributed by atoms with Crippen molar-refractivity contribution in [3.05, 3.63) is 90.6 Å². The standard InChI is InChI=1S/C27H21N3O/c1-17(2)18-13-14-20-21-10-6-11-22(25(21)31-24(20)16-18)26-29-23-12-7-15-28-27(23)30(26)19-8-4-3-5-9-19/h3-17H,1-2H3/i17D. The maximum Gasteiger partial charge on any atom is 0.164 e. The molecule has 3 heterocycles. The highest BCUT2D eigenvalue weighted by molar-refractivity contribution is 6.09. The van der Waals surface area contributed by atoms with Crippen LogP contribution in [0.5, 0.6) is 0 Å². The fraction of sp³-hybridized carbons (Fsp3) is 0.111. The number of pyridine rings is 1. The topological polar surface area (TPSA) is 43.9 Å². The molecule has 0 radical (unpaired) electrons. The lowest BCUT2D eigenvalue weighted by atomic mass is 10.0. The number of furan rings is 1. The minimum Gasteiger partial charge on any atom is -0.455 e. The Bertz CT molecular complexity index is 1610. The normalized spacial score (nSPS) is 12.6. The molecule has 0 saturated heterocycles. The Labute approximate surface area is 181 Å². The zero-order chi connectivity index (χ0) is 21.9. The molecule has 6 rings (SSSR count). The van der Waals surface area contributed by atoms with E-state index in [2.05, 4.69) is 33.8 Å². The van der Waals surface area contributed by atoms with Crippen LogP contribution in [0.1, 0.15) is 26.7 Å². The lowest BCUT2D eigenvalue weighted by molar-refractivity contribution is 0.667. The Balaban J connectivity index is 1.67. The average molecular weight is 404 g/mol. The molecule has 0 fully saturated rings. The van der Waals surface area contributed by atoms with E-state index >= 15 is 0 Å². The summed E-state index contributed by atoms with van der Waals surface area (Å²) in [5.41, 5.74) is 6.03. The summed E-state index contributed by atoms with van der Waals surface area (Å²) in [5.74, 6) is 0.0961. The van der Waals surface area contributed by atoms with Gasteiger partial charge < -0.3 is 4.42 Å². The number of benzene rings is 3. The first-order chi connectivity index (χ1) is 15.5. The maximum atomic E-state index is 8.38. The monoisotopic (exact) mass is 404 g/mol. The largest absolute Gasteiger partial charge is 0.455 e. The van der Waals surface area contributed by atoms with Gasteiger partial charge in [0.15, 0.2) is 11.5 Å². The summed E-state index contributed by atoms with van der Waals surface area (Å²) in [6.07, 6.45) is 1.79. The zero-order valence-electron chi connectivity index (χ0n) is 18.3. The van der Waals surface area contributed by atoms with Gasteiger partial charge in [-0.25, -0.2) is 9.97 Å². The van der Waals surface area contributed by atoms with Crippen LogP contribution >= 0.6 is 0 Å². The molecular formula is C27H21N3O. The van der Waals surface area contributed by atoms with E-state index < -0.39 is 5.89 Å². The fourth-order valence-corrected chi connectivity index (χ4v) is 4.20. The minimum absolute atomic E-state index is 0.692. The van der Waals surface area contributed by atoms with Gasteiger partial charge in [-0.2, -0.15) is 0 Å². The second kappa shape index (κ2) is 6.81. The van der Waals surface area contributed by atoms with Gasteiger partial charge in [-0.15, -0.1) is 0 Å². The molecular weight excluding hydrogens is 382 g/mol. The number of fused-ring (bicyclic) bond motifs is 4. The van der Waals surface area contributed by atoms with Crippen LogP contribution < -0.4 is 0 Å². The Hall–Kier alpha value is -3.92. The molecule has 0 aliphatic heterocycles. The number of hydrogen-bond donors (Lipinski definition) is 0. The van der Waals surface area contributed by atoms with Crippen LogP contribution in [0.15, 0.2) is 89.5 Å². The summed E-state index contributed by atoms with van der Waals surface area (Å²) in [4.78, 5) is 9.56. The van der Waals surface area contributed by atoms with E-state index in [9.17, 15) is 0 Å². The predicted octanol–water partition coefficient (Wildman–Crippen LogP) is 7.11. The van der Waals surface area contributed by atoms with E-state index in [-0.39, 0.29) is 0 Å². The predicted molar refractivity (Wildman–Crippen MR) is 126 cm³/mol. The molecule has 6 aromatic rings. The molecule has 4 heteroatoms. The number of imidazole rings is 1. The van der Waals surface area contributed by atoms with Crippen LogP contribution in [-0.2, 0) is 0 Å². The third-order valence-electron chi connectivity index (χ3n) is 5.75. The van der Waals surface area contributed by atoms with Crippen LogP contribution in [0.3, 0.4) is 0 Å². The fourth-order valence-electron chi connectivity index (χ4n) is 4.20. The molecule has 150 valence electrons. The number of aromatic nitrogens is 3. The van der Waals surface area contributed by atoms with E-state index in [1.807, 2.05) is 68.4 Å². The van der Waals surface area contributed by atoms with Crippen molar-refractivity contribution in [1.29, 1.82) is 0 Å². The Morgan fingerprint density at radius 3 is 2.61 bits per heavy atom. The third kappa shape index (κ3) is 2.76. The van der Waals surface area contributed by atoms with Gasteiger partial charge in [0.2, 0.25) is 0 Å². The van der Waals surface area contributed by atoms with Crippen molar-refractivity contribution in [2.24, 2.45) is 0 Å². The molecule has 0 spiro atoms. The van der Waals surface area contributed by atoms with Crippen molar-refractivity contribution >= 4 is 33.1 Å². The molecule has 0 aliphatic carbocycles. The second-order valence-corrected chi connectivity index (χ2v) is 7.95. The molecule has 31 heavy (non-hydrogen) atoms. The molecule has 0 atom stereocenters. The number of hydrogen-bond acceptors (Lipinski definition) is 3. The summed E-state index contributed by atoms with van der Waals surface area (Å²) in [6.45, 7) is 3.77. The van der Waals surface area contributed by atoms with Gasteiger partial charge in [-0.3, -0.25) is 4.57 Å². The minimum atomic E-state index is -0.692. The van der Waals surface area contributed by atoms with Gasteiger partial charge in [0.05, 0.1) is 5.56 Å². The Kier molecular flexibility index (Phi) is 3.70. The highest BCUT2D eigenvalue weighted by atomic mass is 16.3. The molecule has 0 amide bonds. The van der Waals surface area contributed by atoms with Gasteiger partial charge in [-0.1, -0.05) is 56.3 Å². The van der Waals surface area contributed by atoms with Crippen LogP contribution in [0.2, 0.25) is 0 Å².